The minimum absolute atomic E-state index is 0.173. The SMILES string of the molecule is C/C=C\CC(O)C(C)=O. The molecule has 0 amide bonds. The summed E-state index contributed by atoms with van der Waals surface area (Å²) in [5, 5.41) is 8.86. The van der Waals surface area contributed by atoms with Gasteiger partial charge in [-0.05, 0) is 20.3 Å². The maximum Gasteiger partial charge on any atom is 0.158 e. The van der Waals surface area contributed by atoms with Crippen molar-refractivity contribution in [3.05, 3.63) is 12.2 Å². The Labute approximate surface area is 55.2 Å². The molecule has 0 radical (unpaired) electrons. The van der Waals surface area contributed by atoms with Gasteiger partial charge >= 0.3 is 0 Å². The van der Waals surface area contributed by atoms with Gasteiger partial charge in [0.05, 0.1) is 0 Å². The third-order valence-corrected chi connectivity index (χ3v) is 1.06. The van der Waals surface area contributed by atoms with Gasteiger partial charge in [0.15, 0.2) is 5.78 Å². The molecule has 52 valence electrons. The number of hydrogen-bond donors (Lipinski definition) is 1. The molecule has 9 heavy (non-hydrogen) atoms. The first-order chi connectivity index (χ1) is 4.18. The summed E-state index contributed by atoms with van der Waals surface area (Å²) >= 11 is 0. The van der Waals surface area contributed by atoms with E-state index in [4.69, 9.17) is 5.11 Å². The highest BCUT2D eigenvalue weighted by molar-refractivity contribution is 5.80. The summed E-state index contributed by atoms with van der Waals surface area (Å²) < 4.78 is 0. The summed E-state index contributed by atoms with van der Waals surface area (Å²) in [5.41, 5.74) is 0. The van der Waals surface area contributed by atoms with E-state index in [1.54, 1.807) is 6.08 Å². The van der Waals surface area contributed by atoms with Crippen LogP contribution in [-0.2, 0) is 4.79 Å². The standard InChI is InChI=1S/C7H12O2/c1-3-4-5-7(9)6(2)8/h3-4,7,9H,5H2,1-2H3/b4-3-. The van der Waals surface area contributed by atoms with Gasteiger partial charge in [0.2, 0.25) is 0 Å². The number of carbonyl (C=O) groups is 1. The monoisotopic (exact) mass is 128 g/mol. The molecule has 1 N–H and O–H groups in total. The highest BCUT2D eigenvalue weighted by Gasteiger charge is 2.05. The molecule has 0 aromatic rings. The molecule has 1 unspecified atom stereocenters. The van der Waals surface area contributed by atoms with Crippen LogP contribution < -0.4 is 0 Å². The predicted octanol–water partition coefficient (Wildman–Crippen LogP) is 0.903. The number of rotatable bonds is 3. The van der Waals surface area contributed by atoms with Crippen molar-refractivity contribution in [2.75, 3.05) is 0 Å². The zero-order chi connectivity index (χ0) is 7.28. The third-order valence-electron chi connectivity index (χ3n) is 1.06. The first kappa shape index (κ1) is 8.37. The van der Waals surface area contributed by atoms with Crippen molar-refractivity contribution >= 4 is 5.78 Å². The van der Waals surface area contributed by atoms with E-state index in [2.05, 4.69) is 0 Å². The molecule has 0 spiro atoms. The van der Waals surface area contributed by atoms with Crippen molar-refractivity contribution < 1.29 is 9.90 Å². The lowest BCUT2D eigenvalue weighted by atomic mass is 10.2. The normalized spacial score (nSPS) is 14.1. The first-order valence-corrected chi connectivity index (χ1v) is 2.98. The molecule has 0 bridgehead atoms. The van der Waals surface area contributed by atoms with Gasteiger partial charge in [-0.3, -0.25) is 4.79 Å². The van der Waals surface area contributed by atoms with E-state index in [1.807, 2.05) is 13.0 Å². The van der Waals surface area contributed by atoms with Gasteiger partial charge < -0.3 is 5.11 Å². The topological polar surface area (TPSA) is 37.3 Å². The second-order valence-electron chi connectivity index (χ2n) is 1.93. The third kappa shape index (κ3) is 3.91. The second kappa shape index (κ2) is 4.27. The highest BCUT2D eigenvalue weighted by Crippen LogP contribution is 1.93. The predicted molar refractivity (Wildman–Crippen MR) is 36.1 cm³/mol. The zero-order valence-corrected chi connectivity index (χ0v) is 5.79. The van der Waals surface area contributed by atoms with Gasteiger partial charge in [-0.2, -0.15) is 0 Å². The number of aliphatic hydroxyl groups excluding tert-OH is 1. The van der Waals surface area contributed by atoms with Crippen LogP contribution in [0.3, 0.4) is 0 Å². The quantitative estimate of drug-likeness (QED) is 0.573. The molecular formula is C7H12O2. The van der Waals surface area contributed by atoms with E-state index in [0.29, 0.717) is 6.42 Å². The maximum absolute atomic E-state index is 10.4. The molecule has 2 heteroatoms. The Morgan fingerprint density at radius 1 is 1.78 bits per heavy atom. The Kier molecular flexibility index (Phi) is 3.97. The fourth-order valence-corrected chi connectivity index (χ4v) is 0.431. The van der Waals surface area contributed by atoms with Crippen molar-refractivity contribution in [1.29, 1.82) is 0 Å². The van der Waals surface area contributed by atoms with Gasteiger partial charge in [-0.15, -0.1) is 0 Å². The molecular weight excluding hydrogens is 116 g/mol. The van der Waals surface area contributed by atoms with Crippen LogP contribution in [0, 0.1) is 0 Å². The van der Waals surface area contributed by atoms with Crippen molar-refractivity contribution in [3.63, 3.8) is 0 Å². The van der Waals surface area contributed by atoms with Crippen LogP contribution in [0.4, 0.5) is 0 Å². The average molecular weight is 128 g/mol. The number of hydrogen-bond acceptors (Lipinski definition) is 2. The van der Waals surface area contributed by atoms with E-state index in [1.165, 1.54) is 6.92 Å². The molecule has 0 saturated carbocycles. The fourth-order valence-electron chi connectivity index (χ4n) is 0.431. The molecule has 0 saturated heterocycles. The smallest absolute Gasteiger partial charge is 0.158 e. The lowest BCUT2D eigenvalue weighted by Gasteiger charge is -1.99. The lowest BCUT2D eigenvalue weighted by molar-refractivity contribution is -0.124. The molecule has 0 aliphatic rings. The van der Waals surface area contributed by atoms with E-state index in [-0.39, 0.29) is 5.78 Å². The first-order valence-electron chi connectivity index (χ1n) is 2.98. The van der Waals surface area contributed by atoms with Gasteiger partial charge in [-0.25, -0.2) is 0 Å². The molecule has 0 aliphatic heterocycles. The molecule has 0 rings (SSSR count). The van der Waals surface area contributed by atoms with Crippen LogP contribution in [0.1, 0.15) is 20.3 Å². The second-order valence-corrected chi connectivity index (χ2v) is 1.93. The minimum Gasteiger partial charge on any atom is -0.385 e. The Bertz CT molecular complexity index is 116. The fraction of sp³-hybridized carbons (Fsp3) is 0.571. The van der Waals surface area contributed by atoms with E-state index in [0.717, 1.165) is 0 Å². The van der Waals surface area contributed by atoms with E-state index in [9.17, 15) is 4.79 Å². The number of allylic oxidation sites excluding steroid dienone is 1. The molecule has 0 aliphatic carbocycles. The number of Topliss-reactive ketones (excluding diaryl/α,β-unsaturated/α-hetero) is 1. The Morgan fingerprint density at radius 3 is 2.67 bits per heavy atom. The number of carbonyl (C=O) groups excluding carboxylic acids is 1. The van der Waals surface area contributed by atoms with Gasteiger partial charge in [-0.1, -0.05) is 12.2 Å². The van der Waals surface area contributed by atoms with E-state index >= 15 is 0 Å². The summed E-state index contributed by atoms with van der Waals surface area (Å²) in [4.78, 5) is 10.4. The molecule has 0 fully saturated rings. The van der Waals surface area contributed by atoms with Crippen molar-refractivity contribution in [2.45, 2.75) is 26.4 Å². The number of aliphatic hydroxyl groups is 1. The Morgan fingerprint density at radius 2 is 2.33 bits per heavy atom. The molecule has 2 nitrogen and oxygen atoms in total. The number of ketones is 1. The van der Waals surface area contributed by atoms with Crippen LogP contribution in [0.15, 0.2) is 12.2 Å². The summed E-state index contributed by atoms with van der Waals surface area (Å²) in [5.74, 6) is -0.173. The van der Waals surface area contributed by atoms with Gasteiger partial charge in [0.1, 0.15) is 6.10 Å². The zero-order valence-electron chi connectivity index (χ0n) is 5.79. The largest absolute Gasteiger partial charge is 0.385 e. The van der Waals surface area contributed by atoms with E-state index < -0.39 is 6.10 Å². The Hall–Kier alpha value is -0.630. The maximum atomic E-state index is 10.4. The van der Waals surface area contributed by atoms with Crippen LogP contribution in [0.25, 0.3) is 0 Å². The van der Waals surface area contributed by atoms with Crippen LogP contribution >= 0.6 is 0 Å². The van der Waals surface area contributed by atoms with Crippen molar-refractivity contribution in [3.8, 4) is 0 Å². The minimum atomic E-state index is -0.804. The Balaban J connectivity index is 3.50. The molecule has 0 aromatic carbocycles. The van der Waals surface area contributed by atoms with Crippen molar-refractivity contribution in [2.24, 2.45) is 0 Å². The van der Waals surface area contributed by atoms with Crippen LogP contribution in [0.2, 0.25) is 0 Å². The highest BCUT2D eigenvalue weighted by atomic mass is 16.3. The van der Waals surface area contributed by atoms with Gasteiger partial charge in [0.25, 0.3) is 0 Å². The van der Waals surface area contributed by atoms with Crippen LogP contribution in [-0.4, -0.2) is 17.0 Å². The van der Waals surface area contributed by atoms with Crippen LogP contribution in [0.5, 0.6) is 0 Å². The summed E-state index contributed by atoms with van der Waals surface area (Å²) in [6, 6.07) is 0. The van der Waals surface area contributed by atoms with Gasteiger partial charge in [0, 0.05) is 0 Å². The summed E-state index contributed by atoms with van der Waals surface area (Å²) in [6.45, 7) is 3.24. The lowest BCUT2D eigenvalue weighted by Crippen LogP contribution is -2.15. The molecule has 0 heterocycles. The summed E-state index contributed by atoms with van der Waals surface area (Å²) in [7, 11) is 0. The molecule has 0 aromatic heterocycles. The molecule has 1 atom stereocenters. The average Bonchev–Trinajstić information content (AvgIpc) is 1.82. The van der Waals surface area contributed by atoms with Crippen molar-refractivity contribution in [1.82, 2.24) is 0 Å². The summed E-state index contributed by atoms with van der Waals surface area (Å²) in [6.07, 6.45) is 3.21.